The lowest BCUT2D eigenvalue weighted by atomic mass is 9.66. The number of amides is 1. The molecule has 1 aromatic heterocycles. The Morgan fingerprint density at radius 2 is 1.76 bits per heavy atom. The van der Waals surface area contributed by atoms with Gasteiger partial charge in [0.25, 0.3) is 0 Å². The SMILES string of the molecule is CC(C)(c1ccccc1)[C@H]1CCCC[C@@H]1OC(=O)N1C=CC(=O)C[C@H]1c1cc2ccccc2[nH]1. The summed E-state index contributed by atoms with van der Waals surface area (Å²) in [7, 11) is 0. The predicted molar refractivity (Wildman–Crippen MR) is 133 cm³/mol. The van der Waals surface area contributed by atoms with Crippen LogP contribution in [0.5, 0.6) is 0 Å². The second kappa shape index (κ2) is 9.13. The van der Waals surface area contributed by atoms with Crippen molar-refractivity contribution in [1.29, 1.82) is 0 Å². The number of carbonyl (C=O) groups excluding carboxylic acids is 2. The number of allylic oxidation sites excluding steroid dienone is 1. The molecule has 1 amide bonds. The van der Waals surface area contributed by atoms with Crippen molar-refractivity contribution in [3.63, 3.8) is 0 Å². The van der Waals surface area contributed by atoms with Crippen LogP contribution in [0.3, 0.4) is 0 Å². The number of ether oxygens (including phenoxy) is 1. The zero-order valence-electron chi connectivity index (χ0n) is 19.9. The van der Waals surface area contributed by atoms with Gasteiger partial charge < -0.3 is 9.72 Å². The molecule has 1 aliphatic heterocycles. The number of nitrogens with zero attached hydrogens (tertiary/aromatic N) is 1. The van der Waals surface area contributed by atoms with Gasteiger partial charge in [-0.05, 0) is 53.8 Å². The molecule has 5 heteroatoms. The number of aromatic nitrogens is 1. The van der Waals surface area contributed by atoms with Crippen LogP contribution in [-0.2, 0) is 14.9 Å². The minimum absolute atomic E-state index is 0.00783. The molecule has 1 aliphatic carbocycles. The number of benzene rings is 2. The van der Waals surface area contributed by atoms with Crippen LogP contribution >= 0.6 is 0 Å². The van der Waals surface area contributed by atoms with Crippen LogP contribution in [0, 0.1) is 5.92 Å². The Hall–Kier alpha value is -3.34. The van der Waals surface area contributed by atoms with Crippen molar-refractivity contribution in [2.75, 3.05) is 0 Å². The standard InChI is InChI=1S/C29H32N2O3/c1-29(2,21-11-4-3-5-12-21)23-13-7-9-15-27(23)34-28(33)31-17-16-22(32)19-26(31)25-18-20-10-6-8-14-24(20)30-25/h3-6,8,10-12,14,16-18,23,26-27,30H,7,9,13,15,19H2,1-2H3/t23-,26-,27-/m0/s1. The number of rotatable bonds is 4. The summed E-state index contributed by atoms with van der Waals surface area (Å²) < 4.78 is 6.22. The summed E-state index contributed by atoms with van der Waals surface area (Å²) in [5, 5.41) is 1.06. The first-order valence-corrected chi connectivity index (χ1v) is 12.3. The van der Waals surface area contributed by atoms with E-state index in [0.717, 1.165) is 42.3 Å². The molecule has 3 aromatic rings. The maximum Gasteiger partial charge on any atom is 0.414 e. The normalized spacial score (nSPS) is 23.3. The molecule has 0 radical (unpaired) electrons. The maximum absolute atomic E-state index is 13.5. The van der Waals surface area contributed by atoms with Crippen molar-refractivity contribution in [3.05, 3.63) is 84.2 Å². The van der Waals surface area contributed by atoms with Gasteiger partial charge in [0.2, 0.25) is 0 Å². The average molecular weight is 457 g/mol. The Labute approximate surface area is 200 Å². The fraction of sp³-hybridized carbons (Fsp3) is 0.379. The van der Waals surface area contributed by atoms with Crippen molar-refractivity contribution in [1.82, 2.24) is 9.88 Å². The predicted octanol–water partition coefficient (Wildman–Crippen LogP) is 6.67. The molecule has 1 N–H and O–H groups in total. The molecular weight excluding hydrogens is 424 g/mol. The summed E-state index contributed by atoms with van der Waals surface area (Å²) in [6.07, 6.45) is 6.85. The molecule has 2 aliphatic rings. The molecule has 1 fully saturated rings. The van der Waals surface area contributed by atoms with Gasteiger partial charge in [0.1, 0.15) is 6.10 Å². The third-order valence-corrected chi connectivity index (χ3v) is 7.67. The highest BCUT2D eigenvalue weighted by molar-refractivity contribution is 5.92. The molecule has 176 valence electrons. The van der Waals surface area contributed by atoms with Crippen LogP contribution in [-0.4, -0.2) is 27.9 Å². The topological polar surface area (TPSA) is 62.4 Å². The van der Waals surface area contributed by atoms with Crippen molar-refractivity contribution in [2.45, 2.75) is 63.5 Å². The number of aromatic amines is 1. The van der Waals surface area contributed by atoms with E-state index in [1.54, 1.807) is 11.1 Å². The molecule has 0 unspecified atom stereocenters. The Morgan fingerprint density at radius 1 is 1.03 bits per heavy atom. The first kappa shape index (κ1) is 22.5. The van der Waals surface area contributed by atoms with Crippen molar-refractivity contribution in [3.8, 4) is 0 Å². The second-order valence-electron chi connectivity index (χ2n) is 10.1. The highest BCUT2D eigenvalue weighted by atomic mass is 16.6. The molecular formula is C29H32N2O3. The van der Waals surface area contributed by atoms with Crippen LogP contribution in [0.1, 0.15) is 63.3 Å². The van der Waals surface area contributed by atoms with E-state index in [2.05, 4.69) is 43.1 Å². The van der Waals surface area contributed by atoms with Gasteiger partial charge in [-0.2, -0.15) is 0 Å². The Bertz CT molecular complexity index is 1180. The molecule has 1 saturated carbocycles. The smallest absolute Gasteiger partial charge is 0.414 e. The minimum atomic E-state index is -0.401. The third kappa shape index (κ3) is 4.27. The van der Waals surface area contributed by atoms with E-state index in [9.17, 15) is 9.59 Å². The molecule has 0 spiro atoms. The Balaban J connectivity index is 1.39. The Morgan fingerprint density at radius 3 is 2.56 bits per heavy atom. The van der Waals surface area contributed by atoms with Crippen LogP contribution in [0.2, 0.25) is 0 Å². The van der Waals surface area contributed by atoms with E-state index in [1.807, 2.05) is 36.4 Å². The first-order valence-electron chi connectivity index (χ1n) is 12.3. The lowest BCUT2D eigenvalue weighted by Gasteiger charge is -2.43. The number of H-pyrrole nitrogens is 1. The van der Waals surface area contributed by atoms with Gasteiger partial charge in [0.05, 0.1) is 6.04 Å². The molecule has 5 nitrogen and oxygen atoms in total. The fourth-order valence-corrected chi connectivity index (χ4v) is 5.68. The number of ketones is 1. The molecule has 0 bridgehead atoms. The molecule has 5 rings (SSSR count). The number of hydrogen-bond acceptors (Lipinski definition) is 3. The molecule has 2 heterocycles. The number of para-hydroxylation sites is 1. The summed E-state index contributed by atoms with van der Waals surface area (Å²) >= 11 is 0. The number of nitrogens with one attached hydrogen (secondary N) is 1. The van der Waals surface area contributed by atoms with Gasteiger partial charge in [0.15, 0.2) is 5.78 Å². The number of hydrogen-bond donors (Lipinski definition) is 1. The summed E-state index contributed by atoms with van der Waals surface area (Å²) in [4.78, 5) is 30.8. The van der Waals surface area contributed by atoms with Crippen molar-refractivity contribution in [2.24, 2.45) is 5.92 Å². The lowest BCUT2D eigenvalue weighted by Crippen LogP contribution is -2.44. The number of carbonyl (C=O) groups is 2. The molecule has 3 atom stereocenters. The van der Waals surface area contributed by atoms with Gasteiger partial charge in [-0.3, -0.25) is 9.69 Å². The number of fused-ring (bicyclic) bond motifs is 1. The van der Waals surface area contributed by atoms with E-state index in [1.165, 1.54) is 11.6 Å². The van der Waals surface area contributed by atoms with Crippen molar-refractivity contribution < 1.29 is 14.3 Å². The summed E-state index contributed by atoms with van der Waals surface area (Å²) in [6, 6.07) is 20.1. The summed E-state index contributed by atoms with van der Waals surface area (Å²) in [6.45, 7) is 4.51. The Kier molecular flexibility index (Phi) is 6.03. The minimum Gasteiger partial charge on any atom is -0.446 e. The van der Waals surface area contributed by atoms with Gasteiger partial charge in [0, 0.05) is 29.7 Å². The largest absolute Gasteiger partial charge is 0.446 e. The molecule has 0 saturated heterocycles. The van der Waals surface area contributed by atoms with E-state index in [4.69, 9.17) is 4.74 Å². The summed E-state index contributed by atoms with van der Waals surface area (Å²) in [5.74, 6) is 0.239. The maximum atomic E-state index is 13.5. The van der Waals surface area contributed by atoms with Gasteiger partial charge in [-0.1, -0.05) is 68.8 Å². The van der Waals surface area contributed by atoms with Crippen LogP contribution in [0.15, 0.2) is 72.9 Å². The van der Waals surface area contributed by atoms with Crippen LogP contribution in [0.4, 0.5) is 4.79 Å². The summed E-state index contributed by atoms with van der Waals surface area (Å²) in [5.41, 5.74) is 2.99. The van der Waals surface area contributed by atoms with Gasteiger partial charge in [-0.25, -0.2) is 4.79 Å². The van der Waals surface area contributed by atoms with E-state index >= 15 is 0 Å². The zero-order valence-corrected chi connectivity index (χ0v) is 19.9. The lowest BCUT2D eigenvalue weighted by molar-refractivity contribution is -0.116. The highest BCUT2D eigenvalue weighted by Gasteiger charge is 2.41. The van der Waals surface area contributed by atoms with E-state index in [0.29, 0.717) is 0 Å². The fourth-order valence-electron chi connectivity index (χ4n) is 5.68. The average Bonchev–Trinajstić information content (AvgIpc) is 3.29. The van der Waals surface area contributed by atoms with Crippen LogP contribution < -0.4 is 0 Å². The van der Waals surface area contributed by atoms with E-state index in [-0.39, 0.29) is 35.7 Å². The van der Waals surface area contributed by atoms with Gasteiger partial charge >= 0.3 is 6.09 Å². The zero-order chi connectivity index (χ0) is 23.7. The van der Waals surface area contributed by atoms with Crippen molar-refractivity contribution >= 4 is 22.8 Å². The van der Waals surface area contributed by atoms with Crippen LogP contribution in [0.25, 0.3) is 10.9 Å². The highest BCUT2D eigenvalue weighted by Crippen LogP contribution is 2.42. The van der Waals surface area contributed by atoms with Gasteiger partial charge in [-0.15, -0.1) is 0 Å². The third-order valence-electron chi connectivity index (χ3n) is 7.67. The molecule has 2 aromatic carbocycles. The molecule has 34 heavy (non-hydrogen) atoms. The van der Waals surface area contributed by atoms with E-state index < -0.39 is 6.04 Å². The monoisotopic (exact) mass is 456 g/mol. The second-order valence-corrected chi connectivity index (χ2v) is 10.1. The quantitative estimate of drug-likeness (QED) is 0.477. The first-order chi connectivity index (χ1) is 16.4.